The lowest BCUT2D eigenvalue weighted by Gasteiger charge is -2.24. The van der Waals surface area contributed by atoms with Crippen molar-refractivity contribution in [3.05, 3.63) is 30.6 Å². The molecular weight excluding hydrogens is 349 g/mol. The van der Waals surface area contributed by atoms with Gasteiger partial charge in [-0.25, -0.2) is 4.68 Å². The van der Waals surface area contributed by atoms with Crippen LogP contribution in [0.25, 0.3) is 5.69 Å². The first kappa shape index (κ1) is 18.3. The molecule has 1 saturated heterocycles. The molecular formula is C16H19F3N6O. The van der Waals surface area contributed by atoms with E-state index in [4.69, 9.17) is 0 Å². The van der Waals surface area contributed by atoms with Crippen LogP contribution in [0.3, 0.4) is 0 Å². The number of hydrogen-bond acceptors (Lipinski definition) is 5. The number of tetrazole rings is 1. The molecule has 2 heterocycles. The molecule has 2 aromatic rings. The molecule has 10 heteroatoms. The molecule has 1 unspecified atom stereocenters. The Balaban J connectivity index is 1.59. The number of carbonyl (C=O) groups excluding carboxylic acids is 1. The molecule has 1 fully saturated rings. The Morgan fingerprint density at radius 1 is 1.35 bits per heavy atom. The third-order valence-electron chi connectivity index (χ3n) is 4.30. The highest BCUT2D eigenvalue weighted by atomic mass is 19.4. The third kappa shape index (κ3) is 4.78. The van der Waals surface area contributed by atoms with Gasteiger partial charge in [-0.3, -0.25) is 9.69 Å². The van der Waals surface area contributed by atoms with Gasteiger partial charge in [0.15, 0.2) is 0 Å². The van der Waals surface area contributed by atoms with E-state index in [9.17, 15) is 18.0 Å². The number of amides is 1. The quantitative estimate of drug-likeness (QED) is 0.847. The van der Waals surface area contributed by atoms with Crippen LogP contribution in [0.1, 0.15) is 25.7 Å². The SMILES string of the molecule is O=C(Nc1cccc(-n2cnnn2)c1)C1CCCN1CCCC(F)(F)F. The van der Waals surface area contributed by atoms with Crippen molar-refractivity contribution >= 4 is 11.6 Å². The zero-order valence-electron chi connectivity index (χ0n) is 14.0. The number of carbonyl (C=O) groups is 1. The molecule has 3 rings (SSSR count). The fourth-order valence-electron chi connectivity index (χ4n) is 3.10. The first-order valence-electron chi connectivity index (χ1n) is 8.37. The number of halogens is 3. The first-order valence-corrected chi connectivity index (χ1v) is 8.37. The van der Waals surface area contributed by atoms with Crippen molar-refractivity contribution < 1.29 is 18.0 Å². The number of anilines is 1. The molecule has 1 amide bonds. The third-order valence-corrected chi connectivity index (χ3v) is 4.30. The van der Waals surface area contributed by atoms with Crippen LogP contribution < -0.4 is 5.32 Å². The Morgan fingerprint density at radius 2 is 2.19 bits per heavy atom. The van der Waals surface area contributed by atoms with E-state index >= 15 is 0 Å². The molecule has 26 heavy (non-hydrogen) atoms. The Labute approximate surface area is 148 Å². The molecule has 1 aliphatic rings. The fraction of sp³-hybridized carbons (Fsp3) is 0.500. The monoisotopic (exact) mass is 368 g/mol. The molecule has 1 atom stereocenters. The Kier molecular flexibility index (Phi) is 5.50. The van der Waals surface area contributed by atoms with E-state index in [0.717, 1.165) is 6.42 Å². The van der Waals surface area contributed by atoms with Gasteiger partial charge in [-0.1, -0.05) is 6.07 Å². The summed E-state index contributed by atoms with van der Waals surface area (Å²) in [4.78, 5) is 14.4. The van der Waals surface area contributed by atoms with Crippen molar-refractivity contribution in [2.75, 3.05) is 18.4 Å². The van der Waals surface area contributed by atoms with Crippen molar-refractivity contribution in [3.63, 3.8) is 0 Å². The minimum atomic E-state index is -4.16. The minimum Gasteiger partial charge on any atom is -0.325 e. The van der Waals surface area contributed by atoms with Crippen LogP contribution in [0.4, 0.5) is 18.9 Å². The number of hydrogen-bond donors (Lipinski definition) is 1. The summed E-state index contributed by atoms with van der Waals surface area (Å²) >= 11 is 0. The van der Waals surface area contributed by atoms with Gasteiger partial charge in [0.25, 0.3) is 0 Å². The summed E-state index contributed by atoms with van der Waals surface area (Å²) in [7, 11) is 0. The molecule has 140 valence electrons. The topological polar surface area (TPSA) is 75.9 Å². The maximum Gasteiger partial charge on any atom is 0.389 e. The van der Waals surface area contributed by atoms with Crippen LogP contribution in [0.15, 0.2) is 30.6 Å². The Hall–Kier alpha value is -2.49. The highest BCUT2D eigenvalue weighted by Gasteiger charge is 2.32. The minimum absolute atomic E-state index is 0.00205. The van der Waals surface area contributed by atoms with Crippen LogP contribution in [0.2, 0.25) is 0 Å². The second-order valence-electron chi connectivity index (χ2n) is 6.21. The van der Waals surface area contributed by atoms with Crippen LogP contribution >= 0.6 is 0 Å². The number of alkyl halides is 3. The maximum atomic E-state index is 12.6. The number of aromatic nitrogens is 4. The van der Waals surface area contributed by atoms with Gasteiger partial charge in [-0.05, 0) is 61.0 Å². The van der Waals surface area contributed by atoms with Gasteiger partial charge in [-0.15, -0.1) is 5.10 Å². The van der Waals surface area contributed by atoms with E-state index in [1.807, 2.05) is 4.90 Å². The summed E-state index contributed by atoms with van der Waals surface area (Å²) in [6.07, 6.45) is -2.10. The van der Waals surface area contributed by atoms with E-state index in [1.54, 1.807) is 24.3 Å². The molecule has 0 bridgehead atoms. The molecule has 0 aliphatic carbocycles. The molecule has 0 radical (unpaired) electrons. The lowest BCUT2D eigenvalue weighted by molar-refractivity contribution is -0.136. The fourth-order valence-corrected chi connectivity index (χ4v) is 3.10. The maximum absolute atomic E-state index is 12.6. The van der Waals surface area contributed by atoms with Gasteiger partial charge in [0.1, 0.15) is 6.33 Å². The predicted octanol–water partition coefficient (Wildman–Crippen LogP) is 2.41. The zero-order valence-corrected chi connectivity index (χ0v) is 14.0. The van der Waals surface area contributed by atoms with Crippen LogP contribution in [-0.2, 0) is 4.79 Å². The number of benzene rings is 1. The normalized spacial score (nSPS) is 18.2. The van der Waals surface area contributed by atoms with Gasteiger partial charge in [0, 0.05) is 12.1 Å². The largest absolute Gasteiger partial charge is 0.389 e. The van der Waals surface area contributed by atoms with Gasteiger partial charge >= 0.3 is 6.18 Å². The predicted molar refractivity (Wildman–Crippen MR) is 87.7 cm³/mol. The van der Waals surface area contributed by atoms with Gasteiger partial charge in [-0.2, -0.15) is 13.2 Å². The molecule has 1 N–H and O–H groups in total. The second-order valence-corrected chi connectivity index (χ2v) is 6.21. The average Bonchev–Trinajstić information content (AvgIpc) is 3.26. The van der Waals surface area contributed by atoms with Crippen molar-refractivity contribution in [2.45, 2.75) is 37.9 Å². The van der Waals surface area contributed by atoms with E-state index < -0.39 is 18.6 Å². The second kappa shape index (κ2) is 7.81. The number of likely N-dealkylation sites (tertiary alicyclic amines) is 1. The van der Waals surface area contributed by atoms with Gasteiger partial charge in [0.05, 0.1) is 11.7 Å². The zero-order chi connectivity index (χ0) is 18.6. The summed E-state index contributed by atoms with van der Waals surface area (Å²) in [5.74, 6) is -0.205. The molecule has 0 saturated carbocycles. The molecule has 1 aliphatic heterocycles. The van der Waals surface area contributed by atoms with E-state index in [1.165, 1.54) is 11.0 Å². The smallest absolute Gasteiger partial charge is 0.325 e. The lowest BCUT2D eigenvalue weighted by atomic mass is 10.2. The highest BCUT2D eigenvalue weighted by Crippen LogP contribution is 2.24. The molecule has 1 aromatic carbocycles. The lowest BCUT2D eigenvalue weighted by Crippen LogP contribution is -2.40. The Morgan fingerprint density at radius 3 is 2.92 bits per heavy atom. The molecule has 1 aromatic heterocycles. The Bertz CT molecular complexity index is 734. The van der Waals surface area contributed by atoms with E-state index in [0.29, 0.717) is 24.3 Å². The van der Waals surface area contributed by atoms with E-state index in [-0.39, 0.29) is 18.9 Å². The van der Waals surface area contributed by atoms with Crippen LogP contribution in [0.5, 0.6) is 0 Å². The van der Waals surface area contributed by atoms with Crippen molar-refractivity contribution in [2.24, 2.45) is 0 Å². The van der Waals surface area contributed by atoms with Crippen LogP contribution in [0, 0.1) is 0 Å². The number of nitrogens with one attached hydrogen (secondary N) is 1. The summed E-state index contributed by atoms with van der Waals surface area (Å²) in [5.41, 5.74) is 1.28. The van der Waals surface area contributed by atoms with Gasteiger partial charge < -0.3 is 5.32 Å². The van der Waals surface area contributed by atoms with E-state index in [2.05, 4.69) is 20.8 Å². The summed E-state index contributed by atoms with van der Waals surface area (Å²) in [6, 6.07) is 6.64. The summed E-state index contributed by atoms with van der Waals surface area (Å²) in [5, 5.41) is 13.8. The van der Waals surface area contributed by atoms with Crippen molar-refractivity contribution in [1.29, 1.82) is 0 Å². The molecule has 7 nitrogen and oxygen atoms in total. The summed E-state index contributed by atoms with van der Waals surface area (Å²) < 4.78 is 38.4. The number of rotatable bonds is 6. The highest BCUT2D eigenvalue weighted by molar-refractivity contribution is 5.95. The number of nitrogens with zero attached hydrogens (tertiary/aromatic N) is 5. The molecule has 0 spiro atoms. The summed E-state index contributed by atoms with van der Waals surface area (Å²) in [6.45, 7) is 0.906. The standard InChI is InChI=1S/C16H19F3N6O/c17-16(18,19)7-3-9-24-8-2-6-14(24)15(26)21-12-4-1-5-13(10-12)25-11-20-22-23-25/h1,4-5,10-11,14H,2-3,6-9H2,(H,21,26). The van der Waals surface area contributed by atoms with Crippen molar-refractivity contribution in [3.8, 4) is 5.69 Å². The first-order chi connectivity index (χ1) is 12.4. The van der Waals surface area contributed by atoms with Gasteiger partial charge in [0.2, 0.25) is 5.91 Å². The average molecular weight is 368 g/mol. The van der Waals surface area contributed by atoms with Crippen molar-refractivity contribution in [1.82, 2.24) is 25.1 Å². The van der Waals surface area contributed by atoms with Crippen LogP contribution in [-0.4, -0.2) is 56.3 Å².